The molecule has 1 aliphatic heterocycles. The first kappa shape index (κ1) is 14.9. The van der Waals surface area contributed by atoms with E-state index < -0.39 is 0 Å². The molecule has 2 rings (SSSR count). The molecule has 0 bridgehead atoms. The van der Waals surface area contributed by atoms with Gasteiger partial charge < -0.3 is 10.5 Å². The third kappa shape index (κ3) is 3.96. The van der Waals surface area contributed by atoms with Gasteiger partial charge in [-0.05, 0) is 29.8 Å². The zero-order valence-electron chi connectivity index (χ0n) is 11.7. The van der Waals surface area contributed by atoms with Gasteiger partial charge in [0.25, 0.3) is 0 Å². The van der Waals surface area contributed by atoms with Crippen LogP contribution in [0, 0.1) is 0 Å². The highest BCUT2D eigenvalue weighted by Crippen LogP contribution is 2.26. The van der Waals surface area contributed by atoms with Crippen LogP contribution >= 0.6 is 11.8 Å². The summed E-state index contributed by atoms with van der Waals surface area (Å²) in [4.78, 5) is 2.54. The zero-order chi connectivity index (χ0) is 13.5. The van der Waals surface area contributed by atoms with Crippen LogP contribution in [0.2, 0.25) is 0 Å². The van der Waals surface area contributed by atoms with Crippen molar-refractivity contribution in [1.82, 2.24) is 4.90 Å². The number of thioether (sulfide) groups is 1. The molecule has 0 saturated carbocycles. The zero-order valence-corrected chi connectivity index (χ0v) is 12.5. The Hall–Kier alpha value is -0.550. The third-order valence-corrected chi connectivity index (χ3v) is 4.68. The molecule has 1 fully saturated rings. The first-order chi connectivity index (χ1) is 9.36. The van der Waals surface area contributed by atoms with Crippen LogP contribution in [-0.2, 0) is 11.3 Å². The lowest BCUT2D eigenvalue weighted by molar-refractivity contribution is 0.177. The maximum absolute atomic E-state index is 6.06. The summed E-state index contributed by atoms with van der Waals surface area (Å²) in [5, 5.41) is 0. The van der Waals surface area contributed by atoms with E-state index in [1.165, 1.54) is 29.1 Å². The van der Waals surface area contributed by atoms with E-state index >= 15 is 0 Å². The van der Waals surface area contributed by atoms with Gasteiger partial charge in [0.05, 0.1) is 6.61 Å². The minimum atomic E-state index is 0.324. The van der Waals surface area contributed by atoms with Crippen LogP contribution in [0.4, 0.5) is 0 Å². The molecule has 19 heavy (non-hydrogen) atoms. The summed E-state index contributed by atoms with van der Waals surface area (Å²) < 4.78 is 5.31. The standard InChI is InChI=1S/C15H24N2OS/c1-18-12-13-5-2-3-6-14(13)15(11-16)17-7-4-9-19-10-8-17/h2-3,5-6,15H,4,7-12,16H2,1H3. The van der Waals surface area contributed by atoms with E-state index in [0.717, 1.165) is 13.1 Å². The van der Waals surface area contributed by atoms with Gasteiger partial charge in [0, 0.05) is 32.0 Å². The van der Waals surface area contributed by atoms with E-state index in [9.17, 15) is 0 Å². The second-order valence-electron chi connectivity index (χ2n) is 4.89. The summed E-state index contributed by atoms with van der Waals surface area (Å²) in [6.45, 7) is 3.62. The summed E-state index contributed by atoms with van der Waals surface area (Å²) >= 11 is 2.05. The number of methoxy groups -OCH3 is 1. The quantitative estimate of drug-likeness (QED) is 0.898. The van der Waals surface area contributed by atoms with Gasteiger partial charge in [-0.3, -0.25) is 4.90 Å². The average molecular weight is 280 g/mol. The van der Waals surface area contributed by atoms with Crippen LogP contribution in [0.25, 0.3) is 0 Å². The molecular formula is C15H24N2OS. The summed E-state index contributed by atoms with van der Waals surface area (Å²) in [7, 11) is 1.75. The summed E-state index contributed by atoms with van der Waals surface area (Å²) in [5.41, 5.74) is 8.66. The predicted octanol–water partition coefficient (Wildman–Crippen LogP) is 2.27. The minimum Gasteiger partial charge on any atom is -0.380 e. The molecule has 0 amide bonds. The second kappa shape index (κ2) is 7.90. The van der Waals surface area contributed by atoms with Gasteiger partial charge in [0.15, 0.2) is 0 Å². The van der Waals surface area contributed by atoms with Crippen LogP contribution in [0.1, 0.15) is 23.6 Å². The third-order valence-electron chi connectivity index (χ3n) is 3.63. The molecular weight excluding hydrogens is 256 g/mol. The van der Waals surface area contributed by atoms with E-state index in [0.29, 0.717) is 19.2 Å². The van der Waals surface area contributed by atoms with E-state index in [2.05, 4.69) is 29.2 Å². The second-order valence-corrected chi connectivity index (χ2v) is 6.11. The normalized spacial score (nSPS) is 19.1. The van der Waals surface area contributed by atoms with Crippen molar-refractivity contribution in [3.8, 4) is 0 Å². The van der Waals surface area contributed by atoms with Gasteiger partial charge in [0.1, 0.15) is 0 Å². The van der Waals surface area contributed by atoms with Gasteiger partial charge in [-0.1, -0.05) is 24.3 Å². The van der Waals surface area contributed by atoms with Crippen molar-refractivity contribution in [2.45, 2.75) is 19.1 Å². The fraction of sp³-hybridized carbons (Fsp3) is 0.600. The molecule has 1 atom stereocenters. The topological polar surface area (TPSA) is 38.5 Å². The predicted molar refractivity (Wildman–Crippen MR) is 82.5 cm³/mol. The molecule has 106 valence electrons. The SMILES string of the molecule is COCc1ccccc1C(CN)N1CCCSCC1. The van der Waals surface area contributed by atoms with Gasteiger partial charge in [-0.25, -0.2) is 0 Å². The molecule has 1 saturated heterocycles. The monoisotopic (exact) mass is 280 g/mol. The first-order valence-corrected chi connectivity index (χ1v) is 8.11. The fourth-order valence-electron chi connectivity index (χ4n) is 2.70. The highest BCUT2D eigenvalue weighted by atomic mass is 32.2. The number of nitrogens with two attached hydrogens (primary N) is 1. The Morgan fingerprint density at radius 1 is 1.32 bits per heavy atom. The fourth-order valence-corrected chi connectivity index (χ4v) is 3.60. The molecule has 4 heteroatoms. The van der Waals surface area contributed by atoms with Crippen LogP contribution in [0.3, 0.4) is 0 Å². The molecule has 0 aliphatic carbocycles. The number of rotatable bonds is 5. The number of hydrogen-bond acceptors (Lipinski definition) is 4. The van der Waals surface area contributed by atoms with Crippen molar-refractivity contribution >= 4 is 11.8 Å². The van der Waals surface area contributed by atoms with E-state index in [4.69, 9.17) is 10.5 Å². The van der Waals surface area contributed by atoms with Crippen molar-refractivity contribution in [3.05, 3.63) is 35.4 Å². The van der Waals surface area contributed by atoms with Gasteiger partial charge in [-0.2, -0.15) is 11.8 Å². The van der Waals surface area contributed by atoms with Gasteiger partial charge >= 0.3 is 0 Å². The Balaban J connectivity index is 2.20. The van der Waals surface area contributed by atoms with E-state index in [1.54, 1.807) is 7.11 Å². The molecule has 2 N–H and O–H groups in total. The van der Waals surface area contributed by atoms with Crippen molar-refractivity contribution in [3.63, 3.8) is 0 Å². The highest BCUT2D eigenvalue weighted by Gasteiger charge is 2.22. The van der Waals surface area contributed by atoms with Crippen molar-refractivity contribution in [1.29, 1.82) is 0 Å². The van der Waals surface area contributed by atoms with Crippen molar-refractivity contribution in [2.75, 3.05) is 38.2 Å². The van der Waals surface area contributed by atoms with Gasteiger partial charge in [-0.15, -0.1) is 0 Å². The van der Waals surface area contributed by atoms with Crippen LogP contribution in [-0.4, -0.2) is 43.1 Å². The molecule has 0 spiro atoms. The number of nitrogens with zero attached hydrogens (tertiary/aromatic N) is 1. The highest BCUT2D eigenvalue weighted by molar-refractivity contribution is 7.99. The van der Waals surface area contributed by atoms with Crippen molar-refractivity contribution in [2.24, 2.45) is 5.73 Å². The lowest BCUT2D eigenvalue weighted by Gasteiger charge is -2.31. The summed E-state index contributed by atoms with van der Waals surface area (Å²) in [6, 6.07) is 8.84. The maximum Gasteiger partial charge on any atom is 0.0716 e. The smallest absolute Gasteiger partial charge is 0.0716 e. The Bertz CT molecular complexity index is 378. The summed E-state index contributed by atoms with van der Waals surface area (Å²) in [6.07, 6.45) is 1.26. The largest absolute Gasteiger partial charge is 0.380 e. The lowest BCUT2D eigenvalue weighted by atomic mass is 9.99. The summed E-state index contributed by atoms with van der Waals surface area (Å²) in [5.74, 6) is 2.48. The van der Waals surface area contributed by atoms with Crippen LogP contribution in [0.5, 0.6) is 0 Å². The number of hydrogen-bond donors (Lipinski definition) is 1. The Morgan fingerprint density at radius 3 is 2.95 bits per heavy atom. The molecule has 1 heterocycles. The first-order valence-electron chi connectivity index (χ1n) is 6.95. The molecule has 0 aromatic heterocycles. The van der Waals surface area contributed by atoms with Crippen LogP contribution < -0.4 is 5.73 Å². The number of ether oxygens (including phenoxy) is 1. The van der Waals surface area contributed by atoms with E-state index in [-0.39, 0.29) is 0 Å². The van der Waals surface area contributed by atoms with Crippen molar-refractivity contribution < 1.29 is 4.74 Å². The van der Waals surface area contributed by atoms with Crippen LogP contribution in [0.15, 0.2) is 24.3 Å². The maximum atomic E-state index is 6.06. The van der Waals surface area contributed by atoms with Gasteiger partial charge in [0.2, 0.25) is 0 Å². The Kier molecular flexibility index (Phi) is 6.17. The van der Waals surface area contributed by atoms with E-state index in [1.807, 2.05) is 11.8 Å². The average Bonchev–Trinajstić information content (AvgIpc) is 2.71. The molecule has 1 unspecified atom stereocenters. The Labute approximate surface area is 120 Å². The Morgan fingerprint density at radius 2 is 2.16 bits per heavy atom. The molecule has 1 aliphatic rings. The molecule has 1 aromatic rings. The molecule has 0 radical (unpaired) electrons. The molecule has 3 nitrogen and oxygen atoms in total. The lowest BCUT2D eigenvalue weighted by Crippen LogP contribution is -2.36. The number of benzene rings is 1. The minimum absolute atomic E-state index is 0.324. The molecule has 1 aromatic carbocycles.